The van der Waals surface area contributed by atoms with Gasteiger partial charge < -0.3 is 15.6 Å². The highest BCUT2D eigenvalue weighted by atomic mass is 16.6. The fourth-order valence-electron chi connectivity index (χ4n) is 1.74. The van der Waals surface area contributed by atoms with Gasteiger partial charge in [-0.25, -0.2) is 4.79 Å². The van der Waals surface area contributed by atoms with Crippen LogP contribution in [0.2, 0.25) is 0 Å². The van der Waals surface area contributed by atoms with Crippen LogP contribution < -0.4 is 11.1 Å². The van der Waals surface area contributed by atoms with Crippen LogP contribution in [-0.2, 0) is 11.2 Å². The quantitative estimate of drug-likeness (QED) is 0.743. The number of benzene rings is 1. The van der Waals surface area contributed by atoms with Crippen molar-refractivity contribution in [1.29, 1.82) is 0 Å². The van der Waals surface area contributed by atoms with E-state index in [-0.39, 0.29) is 11.3 Å². The monoisotopic (exact) mass is 294 g/mol. The summed E-state index contributed by atoms with van der Waals surface area (Å²) in [5, 5.41) is 12.5. The minimum Gasteiger partial charge on any atom is -0.508 e. The first kappa shape index (κ1) is 17.3. The predicted octanol–water partition coefficient (Wildman–Crippen LogP) is 3.41. The number of aryl methyl sites for hydroxylation is 1. The molecule has 0 aliphatic heterocycles. The lowest BCUT2D eigenvalue weighted by atomic mass is 9.96. The summed E-state index contributed by atoms with van der Waals surface area (Å²) in [7, 11) is 0. The predicted molar refractivity (Wildman–Crippen MR) is 84.6 cm³/mol. The SMILES string of the molecule is CC(C)(N)CCc1cc(NC(=O)OC(C)(C)C)ccc1O. The van der Waals surface area contributed by atoms with E-state index in [1.807, 2.05) is 13.8 Å². The van der Waals surface area contributed by atoms with Crippen molar-refractivity contribution in [2.24, 2.45) is 5.73 Å². The minimum atomic E-state index is -0.548. The maximum absolute atomic E-state index is 11.7. The number of carbonyl (C=O) groups excluding carboxylic acids is 1. The zero-order chi connectivity index (χ0) is 16.3. The van der Waals surface area contributed by atoms with E-state index in [2.05, 4.69) is 5.32 Å². The molecular weight excluding hydrogens is 268 g/mol. The molecule has 0 bridgehead atoms. The number of aromatic hydroxyl groups is 1. The summed E-state index contributed by atoms with van der Waals surface area (Å²) in [6.45, 7) is 9.29. The average molecular weight is 294 g/mol. The Balaban J connectivity index is 2.75. The Morgan fingerprint density at radius 1 is 1.29 bits per heavy atom. The minimum absolute atomic E-state index is 0.203. The van der Waals surface area contributed by atoms with Crippen LogP contribution in [-0.4, -0.2) is 22.3 Å². The third kappa shape index (κ3) is 6.99. The van der Waals surface area contributed by atoms with Crippen LogP contribution in [0.15, 0.2) is 18.2 Å². The number of rotatable bonds is 4. The molecule has 4 N–H and O–H groups in total. The highest BCUT2D eigenvalue weighted by molar-refractivity contribution is 5.85. The topological polar surface area (TPSA) is 84.6 Å². The number of ether oxygens (including phenoxy) is 1. The molecule has 0 aromatic heterocycles. The van der Waals surface area contributed by atoms with Crippen molar-refractivity contribution < 1.29 is 14.6 Å². The maximum atomic E-state index is 11.7. The van der Waals surface area contributed by atoms with Gasteiger partial charge >= 0.3 is 6.09 Å². The number of nitrogens with one attached hydrogen (secondary N) is 1. The zero-order valence-electron chi connectivity index (χ0n) is 13.5. The second-order valence-electron chi connectivity index (χ2n) is 6.96. The second-order valence-corrected chi connectivity index (χ2v) is 6.96. The Bertz CT molecular complexity index is 499. The van der Waals surface area contributed by atoms with Crippen LogP contribution in [0.3, 0.4) is 0 Å². The summed E-state index contributed by atoms with van der Waals surface area (Å²) < 4.78 is 5.19. The van der Waals surface area contributed by atoms with Gasteiger partial charge in [0.1, 0.15) is 11.4 Å². The van der Waals surface area contributed by atoms with Crippen LogP contribution >= 0.6 is 0 Å². The van der Waals surface area contributed by atoms with E-state index in [1.54, 1.807) is 39.0 Å². The van der Waals surface area contributed by atoms with Gasteiger partial charge in [0.05, 0.1) is 0 Å². The molecule has 5 heteroatoms. The van der Waals surface area contributed by atoms with Crippen LogP contribution in [0.1, 0.15) is 46.6 Å². The largest absolute Gasteiger partial charge is 0.508 e. The first-order valence-electron chi connectivity index (χ1n) is 7.07. The summed E-state index contributed by atoms with van der Waals surface area (Å²) in [4.78, 5) is 11.7. The molecule has 0 heterocycles. The Hall–Kier alpha value is -1.75. The number of hydrogen-bond acceptors (Lipinski definition) is 4. The van der Waals surface area contributed by atoms with Gasteiger partial charge in [-0.2, -0.15) is 0 Å². The van der Waals surface area contributed by atoms with Crippen molar-refractivity contribution >= 4 is 11.8 Å². The molecule has 21 heavy (non-hydrogen) atoms. The van der Waals surface area contributed by atoms with Crippen molar-refractivity contribution in [1.82, 2.24) is 0 Å². The van der Waals surface area contributed by atoms with Crippen LogP contribution in [0.4, 0.5) is 10.5 Å². The molecule has 0 unspecified atom stereocenters. The molecule has 0 aliphatic carbocycles. The van der Waals surface area contributed by atoms with E-state index >= 15 is 0 Å². The summed E-state index contributed by atoms with van der Waals surface area (Å²) in [5.74, 6) is 0.203. The first-order valence-corrected chi connectivity index (χ1v) is 7.07. The molecule has 0 atom stereocenters. The number of anilines is 1. The Labute approximate surface area is 126 Å². The van der Waals surface area contributed by atoms with Crippen LogP contribution in [0.5, 0.6) is 5.75 Å². The van der Waals surface area contributed by atoms with Gasteiger partial charge in [-0.05, 0) is 71.2 Å². The van der Waals surface area contributed by atoms with Crippen molar-refractivity contribution in [2.45, 2.75) is 58.6 Å². The van der Waals surface area contributed by atoms with Crippen LogP contribution in [0.25, 0.3) is 0 Å². The van der Waals surface area contributed by atoms with Gasteiger partial charge in [0.15, 0.2) is 0 Å². The molecule has 118 valence electrons. The van der Waals surface area contributed by atoms with Gasteiger partial charge in [0.25, 0.3) is 0 Å². The molecule has 0 aliphatic rings. The highest BCUT2D eigenvalue weighted by Gasteiger charge is 2.17. The lowest BCUT2D eigenvalue weighted by Crippen LogP contribution is -2.32. The number of hydrogen-bond donors (Lipinski definition) is 3. The zero-order valence-corrected chi connectivity index (χ0v) is 13.5. The highest BCUT2D eigenvalue weighted by Crippen LogP contribution is 2.24. The number of carbonyl (C=O) groups is 1. The lowest BCUT2D eigenvalue weighted by Gasteiger charge is -2.20. The van der Waals surface area contributed by atoms with Crippen LogP contribution in [0, 0.1) is 0 Å². The molecule has 1 aromatic rings. The molecule has 5 nitrogen and oxygen atoms in total. The second kappa shape index (κ2) is 6.35. The summed E-state index contributed by atoms with van der Waals surface area (Å²) in [5.41, 5.74) is 6.44. The molecular formula is C16H26N2O3. The number of phenolic OH excluding ortho intramolecular Hbond substituents is 1. The van der Waals surface area contributed by atoms with Gasteiger partial charge in [-0.3, -0.25) is 5.32 Å². The smallest absolute Gasteiger partial charge is 0.412 e. The molecule has 1 amide bonds. The number of amides is 1. The molecule has 0 fully saturated rings. The molecule has 0 spiro atoms. The fraction of sp³-hybridized carbons (Fsp3) is 0.562. The molecule has 0 radical (unpaired) electrons. The molecule has 1 rings (SSSR count). The van der Waals surface area contributed by atoms with E-state index in [4.69, 9.17) is 10.5 Å². The Kier molecular flexibility index (Phi) is 5.23. The molecule has 0 saturated heterocycles. The number of phenols is 1. The van der Waals surface area contributed by atoms with E-state index in [0.29, 0.717) is 12.1 Å². The molecule has 1 aromatic carbocycles. The number of nitrogens with two attached hydrogens (primary N) is 1. The standard InChI is InChI=1S/C16H26N2O3/c1-15(2,3)21-14(20)18-12-6-7-13(19)11(10-12)8-9-16(4,5)17/h6-7,10,19H,8-9,17H2,1-5H3,(H,18,20). The van der Waals surface area contributed by atoms with Crippen molar-refractivity contribution in [3.05, 3.63) is 23.8 Å². The normalized spacial score (nSPS) is 12.1. The lowest BCUT2D eigenvalue weighted by molar-refractivity contribution is 0.0636. The van der Waals surface area contributed by atoms with Crippen molar-refractivity contribution in [2.75, 3.05) is 5.32 Å². The summed E-state index contributed by atoms with van der Waals surface area (Å²) in [6.07, 6.45) is 0.855. The maximum Gasteiger partial charge on any atom is 0.412 e. The fourth-order valence-corrected chi connectivity index (χ4v) is 1.74. The third-order valence-electron chi connectivity index (χ3n) is 2.76. The van der Waals surface area contributed by atoms with Gasteiger partial charge in [-0.15, -0.1) is 0 Å². The van der Waals surface area contributed by atoms with Gasteiger partial charge in [0.2, 0.25) is 0 Å². The van der Waals surface area contributed by atoms with E-state index in [9.17, 15) is 9.90 Å². The third-order valence-corrected chi connectivity index (χ3v) is 2.76. The van der Waals surface area contributed by atoms with E-state index in [1.165, 1.54) is 0 Å². The van der Waals surface area contributed by atoms with Gasteiger partial charge in [-0.1, -0.05) is 0 Å². The Morgan fingerprint density at radius 2 is 1.90 bits per heavy atom. The van der Waals surface area contributed by atoms with Crippen molar-refractivity contribution in [3.8, 4) is 5.75 Å². The summed E-state index contributed by atoms with van der Waals surface area (Å²) in [6, 6.07) is 4.94. The average Bonchev–Trinajstić information content (AvgIpc) is 2.26. The van der Waals surface area contributed by atoms with Crippen molar-refractivity contribution in [3.63, 3.8) is 0 Å². The van der Waals surface area contributed by atoms with E-state index in [0.717, 1.165) is 12.0 Å². The molecule has 0 saturated carbocycles. The van der Waals surface area contributed by atoms with E-state index < -0.39 is 11.7 Å². The van der Waals surface area contributed by atoms with Gasteiger partial charge in [0, 0.05) is 11.2 Å². The summed E-state index contributed by atoms with van der Waals surface area (Å²) >= 11 is 0. The Morgan fingerprint density at radius 3 is 2.43 bits per heavy atom. The first-order chi connectivity index (χ1) is 9.46.